The highest BCUT2D eigenvalue weighted by molar-refractivity contribution is 5.06. The van der Waals surface area contributed by atoms with Gasteiger partial charge in [-0.3, -0.25) is 4.68 Å². The lowest BCUT2D eigenvalue weighted by molar-refractivity contribution is -0.0197. The van der Waals surface area contributed by atoms with Gasteiger partial charge in [0.2, 0.25) is 0 Å². The van der Waals surface area contributed by atoms with Crippen LogP contribution in [0.25, 0.3) is 0 Å². The minimum absolute atomic E-state index is 0.183. The molecule has 1 aromatic heterocycles. The SMILES string of the molecule is CCNC(c1cnnn1C)C(OCC)C1CCCCC1. The van der Waals surface area contributed by atoms with Crippen molar-refractivity contribution in [1.82, 2.24) is 20.3 Å². The summed E-state index contributed by atoms with van der Waals surface area (Å²) in [4.78, 5) is 0. The number of aromatic nitrogens is 3. The monoisotopic (exact) mass is 280 g/mol. The molecule has 0 bridgehead atoms. The van der Waals surface area contributed by atoms with E-state index in [1.54, 1.807) is 0 Å². The maximum atomic E-state index is 6.14. The van der Waals surface area contributed by atoms with E-state index in [2.05, 4.69) is 29.5 Å². The minimum Gasteiger partial charge on any atom is -0.376 e. The minimum atomic E-state index is 0.183. The van der Waals surface area contributed by atoms with Gasteiger partial charge in [0, 0.05) is 13.7 Å². The molecule has 114 valence electrons. The van der Waals surface area contributed by atoms with E-state index in [0.29, 0.717) is 5.92 Å². The second-order valence-corrected chi connectivity index (χ2v) is 5.64. The van der Waals surface area contributed by atoms with Crippen LogP contribution < -0.4 is 5.32 Å². The van der Waals surface area contributed by atoms with E-state index in [9.17, 15) is 0 Å². The second-order valence-electron chi connectivity index (χ2n) is 5.64. The fraction of sp³-hybridized carbons (Fsp3) is 0.867. The molecule has 1 aliphatic carbocycles. The summed E-state index contributed by atoms with van der Waals surface area (Å²) in [5, 5.41) is 11.7. The summed E-state index contributed by atoms with van der Waals surface area (Å²) >= 11 is 0. The van der Waals surface area contributed by atoms with E-state index in [1.165, 1.54) is 32.1 Å². The second kappa shape index (κ2) is 7.74. The molecule has 2 atom stereocenters. The molecule has 5 heteroatoms. The van der Waals surface area contributed by atoms with E-state index in [1.807, 2.05) is 17.9 Å². The van der Waals surface area contributed by atoms with Crippen molar-refractivity contribution < 1.29 is 4.74 Å². The summed E-state index contributed by atoms with van der Waals surface area (Å²) in [6.07, 6.45) is 8.66. The largest absolute Gasteiger partial charge is 0.376 e. The van der Waals surface area contributed by atoms with Gasteiger partial charge in [-0.15, -0.1) is 5.10 Å². The lowest BCUT2D eigenvalue weighted by Gasteiger charge is -2.35. The number of hydrogen-bond acceptors (Lipinski definition) is 4. The number of ether oxygens (including phenoxy) is 1. The molecule has 2 rings (SSSR count). The molecular formula is C15H28N4O. The summed E-state index contributed by atoms with van der Waals surface area (Å²) in [5.41, 5.74) is 1.12. The normalized spacial score (nSPS) is 19.9. The molecular weight excluding hydrogens is 252 g/mol. The van der Waals surface area contributed by atoms with Crippen LogP contribution in [0.5, 0.6) is 0 Å². The van der Waals surface area contributed by atoms with E-state index >= 15 is 0 Å². The Labute approximate surface area is 122 Å². The molecule has 1 fully saturated rings. The third kappa shape index (κ3) is 3.58. The van der Waals surface area contributed by atoms with E-state index in [4.69, 9.17) is 4.74 Å². The third-order valence-electron chi connectivity index (χ3n) is 4.29. The molecule has 0 saturated heterocycles. The zero-order chi connectivity index (χ0) is 14.4. The summed E-state index contributed by atoms with van der Waals surface area (Å²) in [6, 6.07) is 0.183. The summed E-state index contributed by atoms with van der Waals surface area (Å²) < 4.78 is 8.01. The van der Waals surface area contributed by atoms with Gasteiger partial charge < -0.3 is 10.1 Å². The number of rotatable bonds is 7. The maximum absolute atomic E-state index is 6.14. The fourth-order valence-electron chi connectivity index (χ4n) is 3.35. The van der Waals surface area contributed by atoms with Gasteiger partial charge in [-0.1, -0.05) is 31.4 Å². The number of hydrogen-bond donors (Lipinski definition) is 1. The Hall–Kier alpha value is -0.940. The Morgan fingerprint density at radius 2 is 2.10 bits per heavy atom. The lowest BCUT2D eigenvalue weighted by atomic mass is 9.81. The van der Waals surface area contributed by atoms with Gasteiger partial charge in [-0.2, -0.15) is 0 Å². The predicted molar refractivity (Wildman–Crippen MR) is 79.4 cm³/mol. The standard InChI is InChI=1S/C15H28N4O/c1-4-16-14(13-11-17-18-19(13)3)15(20-5-2)12-9-7-6-8-10-12/h11-12,14-16H,4-10H2,1-3H3. The molecule has 0 spiro atoms. The zero-order valence-electron chi connectivity index (χ0n) is 13.0. The Morgan fingerprint density at radius 3 is 2.65 bits per heavy atom. The molecule has 20 heavy (non-hydrogen) atoms. The Morgan fingerprint density at radius 1 is 1.35 bits per heavy atom. The Kier molecular flexibility index (Phi) is 5.98. The van der Waals surface area contributed by atoms with Crippen LogP contribution in [0, 0.1) is 5.92 Å². The molecule has 1 saturated carbocycles. The van der Waals surface area contributed by atoms with Crippen LogP contribution in [0.15, 0.2) is 6.20 Å². The highest BCUT2D eigenvalue weighted by atomic mass is 16.5. The van der Waals surface area contributed by atoms with Crippen LogP contribution in [0.3, 0.4) is 0 Å². The average molecular weight is 280 g/mol. The van der Waals surface area contributed by atoms with Crippen molar-refractivity contribution in [3.8, 4) is 0 Å². The maximum Gasteiger partial charge on any atom is 0.0813 e. The van der Waals surface area contributed by atoms with Gasteiger partial charge in [-0.25, -0.2) is 0 Å². The van der Waals surface area contributed by atoms with Crippen LogP contribution in [-0.2, 0) is 11.8 Å². The van der Waals surface area contributed by atoms with Crippen molar-refractivity contribution >= 4 is 0 Å². The molecule has 0 aliphatic heterocycles. The van der Waals surface area contributed by atoms with Crippen LogP contribution in [-0.4, -0.2) is 34.2 Å². The van der Waals surface area contributed by atoms with E-state index < -0.39 is 0 Å². The highest BCUT2D eigenvalue weighted by Crippen LogP contribution is 2.34. The molecule has 1 aromatic rings. The average Bonchev–Trinajstić information content (AvgIpc) is 2.90. The number of aryl methyl sites for hydroxylation is 1. The van der Waals surface area contributed by atoms with Crippen molar-refractivity contribution in [2.45, 2.75) is 58.1 Å². The molecule has 2 unspecified atom stereocenters. The lowest BCUT2D eigenvalue weighted by Crippen LogP contribution is -2.40. The van der Waals surface area contributed by atoms with E-state index in [-0.39, 0.29) is 12.1 Å². The summed E-state index contributed by atoms with van der Waals surface area (Å²) in [7, 11) is 1.95. The summed E-state index contributed by atoms with van der Waals surface area (Å²) in [6.45, 7) is 5.90. The van der Waals surface area contributed by atoms with Crippen molar-refractivity contribution in [2.24, 2.45) is 13.0 Å². The van der Waals surface area contributed by atoms with Gasteiger partial charge in [0.05, 0.1) is 24.0 Å². The fourth-order valence-corrected chi connectivity index (χ4v) is 3.35. The molecule has 1 aliphatic rings. The van der Waals surface area contributed by atoms with Crippen molar-refractivity contribution in [2.75, 3.05) is 13.2 Å². The first-order chi connectivity index (χ1) is 9.77. The van der Waals surface area contributed by atoms with Gasteiger partial charge in [0.25, 0.3) is 0 Å². The molecule has 1 N–H and O–H groups in total. The van der Waals surface area contributed by atoms with Gasteiger partial charge >= 0.3 is 0 Å². The van der Waals surface area contributed by atoms with Crippen LogP contribution in [0.2, 0.25) is 0 Å². The van der Waals surface area contributed by atoms with Crippen LogP contribution >= 0.6 is 0 Å². The number of nitrogens with one attached hydrogen (secondary N) is 1. The molecule has 5 nitrogen and oxygen atoms in total. The first-order valence-corrected chi connectivity index (χ1v) is 7.97. The first kappa shape index (κ1) is 15.4. The van der Waals surface area contributed by atoms with Gasteiger partial charge in [-0.05, 0) is 32.2 Å². The van der Waals surface area contributed by atoms with Crippen molar-refractivity contribution in [3.05, 3.63) is 11.9 Å². The number of nitrogens with zero attached hydrogens (tertiary/aromatic N) is 3. The Balaban J connectivity index is 2.19. The van der Waals surface area contributed by atoms with Crippen molar-refractivity contribution in [1.29, 1.82) is 0 Å². The van der Waals surface area contributed by atoms with Gasteiger partial charge in [0.1, 0.15) is 0 Å². The van der Waals surface area contributed by atoms with Crippen LogP contribution in [0.4, 0.5) is 0 Å². The zero-order valence-corrected chi connectivity index (χ0v) is 13.0. The quantitative estimate of drug-likeness (QED) is 0.833. The Bertz CT molecular complexity index is 387. The predicted octanol–water partition coefficient (Wildman–Crippen LogP) is 2.45. The molecule has 0 amide bonds. The van der Waals surface area contributed by atoms with Gasteiger partial charge in [0.15, 0.2) is 0 Å². The topological polar surface area (TPSA) is 52.0 Å². The van der Waals surface area contributed by atoms with Crippen LogP contribution in [0.1, 0.15) is 57.7 Å². The highest BCUT2D eigenvalue weighted by Gasteiger charge is 2.33. The number of likely N-dealkylation sites (N-methyl/N-ethyl adjacent to an activating group) is 1. The molecule has 0 radical (unpaired) electrons. The first-order valence-electron chi connectivity index (χ1n) is 7.97. The molecule has 1 heterocycles. The van der Waals surface area contributed by atoms with Crippen molar-refractivity contribution in [3.63, 3.8) is 0 Å². The summed E-state index contributed by atoms with van der Waals surface area (Å²) in [5.74, 6) is 0.641. The smallest absolute Gasteiger partial charge is 0.0813 e. The van der Waals surface area contributed by atoms with E-state index in [0.717, 1.165) is 18.8 Å². The third-order valence-corrected chi connectivity index (χ3v) is 4.29. The molecule has 0 aromatic carbocycles.